The number of piperidine rings is 1. The van der Waals surface area contributed by atoms with Gasteiger partial charge in [0.25, 0.3) is 0 Å². The van der Waals surface area contributed by atoms with Crippen LogP contribution < -0.4 is 16.5 Å². The molecule has 3 amide bonds. The van der Waals surface area contributed by atoms with Gasteiger partial charge in [0.2, 0.25) is 5.91 Å². The molecule has 28 heavy (non-hydrogen) atoms. The van der Waals surface area contributed by atoms with Gasteiger partial charge in [-0.05, 0) is 30.4 Å². The first-order valence-corrected chi connectivity index (χ1v) is 9.07. The van der Waals surface area contributed by atoms with Crippen LogP contribution in [-0.4, -0.2) is 42.0 Å². The average Bonchev–Trinajstić information content (AvgIpc) is 2.67. The van der Waals surface area contributed by atoms with E-state index in [2.05, 4.69) is 10.3 Å². The predicted octanol–water partition coefficient (Wildman–Crippen LogP) is 0.913. The van der Waals surface area contributed by atoms with Gasteiger partial charge >= 0.3 is 11.8 Å². The number of amides is 3. The molecule has 0 spiro atoms. The Balaban J connectivity index is 1.80. The largest absolute Gasteiger partial charge is 0.366 e. The standard InChI is InChI=1S/C20H21BN4O3/c1-12-5-6-17(13-3-2-4-15(21)7-13)25(11-12)20(28)19(27)24-16-8-14(18(22)26)9-23-10-16/h2-4,7-10,12,17H,5-6,11H2,1H3,(H2,22,26)(H,24,27)/t12-,17?/m1/s1. The number of nitrogens with two attached hydrogens (primary N) is 1. The number of carbonyl (C=O) groups is 3. The molecule has 8 heteroatoms. The highest BCUT2D eigenvalue weighted by atomic mass is 16.2. The van der Waals surface area contributed by atoms with E-state index in [1.54, 1.807) is 11.0 Å². The van der Waals surface area contributed by atoms with Crippen molar-refractivity contribution in [2.75, 3.05) is 11.9 Å². The highest BCUT2D eigenvalue weighted by Gasteiger charge is 2.34. The lowest BCUT2D eigenvalue weighted by atomic mass is 9.86. The lowest BCUT2D eigenvalue weighted by molar-refractivity contribution is -0.146. The Bertz CT molecular complexity index is 918. The van der Waals surface area contributed by atoms with Crippen molar-refractivity contribution >= 4 is 36.7 Å². The lowest BCUT2D eigenvalue weighted by Gasteiger charge is -2.38. The summed E-state index contributed by atoms with van der Waals surface area (Å²) in [4.78, 5) is 42.2. The molecule has 3 rings (SSSR count). The number of hydrogen-bond donors (Lipinski definition) is 2. The van der Waals surface area contributed by atoms with E-state index in [0.717, 1.165) is 18.4 Å². The lowest BCUT2D eigenvalue weighted by Crippen LogP contribution is -2.46. The molecule has 1 aromatic heterocycles. The minimum atomic E-state index is -0.786. The van der Waals surface area contributed by atoms with Gasteiger partial charge in [0.1, 0.15) is 7.85 Å². The minimum Gasteiger partial charge on any atom is -0.366 e. The first kappa shape index (κ1) is 19.6. The summed E-state index contributed by atoms with van der Waals surface area (Å²) >= 11 is 0. The van der Waals surface area contributed by atoms with Gasteiger partial charge in [-0.1, -0.05) is 36.7 Å². The fraction of sp³-hybridized carbons (Fsp3) is 0.300. The van der Waals surface area contributed by atoms with Gasteiger partial charge in [-0.3, -0.25) is 19.4 Å². The van der Waals surface area contributed by atoms with Crippen LogP contribution >= 0.6 is 0 Å². The molecule has 1 aliphatic heterocycles. The summed E-state index contributed by atoms with van der Waals surface area (Å²) < 4.78 is 0. The maximum absolute atomic E-state index is 12.9. The van der Waals surface area contributed by atoms with Crippen molar-refractivity contribution < 1.29 is 14.4 Å². The summed E-state index contributed by atoms with van der Waals surface area (Å²) in [6.45, 7) is 2.53. The number of carbonyl (C=O) groups excluding carboxylic acids is 3. The molecule has 1 aromatic carbocycles. The molecular formula is C20H21BN4O3. The second-order valence-electron chi connectivity index (χ2n) is 7.11. The Kier molecular flexibility index (Phi) is 5.77. The fourth-order valence-corrected chi connectivity index (χ4v) is 3.45. The molecule has 0 bridgehead atoms. The normalized spacial score (nSPS) is 19.1. The molecule has 0 aliphatic carbocycles. The SMILES string of the molecule is [B]c1cccc(C2CC[C@@H](C)CN2C(=O)C(=O)Nc2cncc(C(N)=O)c2)c1. The van der Waals surface area contributed by atoms with Crippen molar-refractivity contribution in [2.45, 2.75) is 25.8 Å². The highest BCUT2D eigenvalue weighted by Crippen LogP contribution is 2.33. The second kappa shape index (κ2) is 8.25. The Labute approximate surface area is 164 Å². The van der Waals surface area contributed by atoms with Gasteiger partial charge in [0, 0.05) is 12.7 Å². The fourth-order valence-electron chi connectivity index (χ4n) is 3.45. The monoisotopic (exact) mass is 376 g/mol. The molecule has 1 unspecified atom stereocenters. The molecule has 2 aromatic rings. The highest BCUT2D eigenvalue weighted by molar-refractivity contribution is 6.39. The number of nitrogens with one attached hydrogen (secondary N) is 1. The molecule has 7 nitrogen and oxygen atoms in total. The third kappa shape index (κ3) is 4.39. The molecule has 142 valence electrons. The summed E-state index contributed by atoms with van der Waals surface area (Å²) in [5.74, 6) is -1.80. The number of rotatable bonds is 3. The zero-order valence-corrected chi connectivity index (χ0v) is 15.6. The summed E-state index contributed by atoms with van der Waals surface area (Å²) in [6.07, 6.45) is 4.35. The quantitative estimate of drug-likeness (QED) is 0.614. The van der Waals surface area contributed by atoms with E-state index in [1.165, 1.54) is 18.5 Å². The molecular weight excluding hydrogens is 355 g/mol. The van der Waals surface area contributed by atoms with Crippen molar-refractivity contribution in [3.8, 4) is 0 Å². The Morgan fingerprint density at radius 2 is 2.00 bits per heavy atom. The van der Waals surface area contributed by atoms with E-state index in [0.29, 0.717) is 12.0 Å². The maximum Gasteiger partial charge on any atom is 0.313 e. The van der Waals surface area contributed by atoms with Crippen LogP contribution in [-0.2, 0) is 9.59 Å². The van der Waals surface area contributed by atoms with Crippen molar-refractivity contribution in [1.29, 1.82) is 0 Å². The number of aromatic nitrogens is 1. The molecule has 3 N–H and O–H groups in total. The molecule has 2 atom stereocenters. The molecule has 1 fully saturated rings. The summed E-state index contributed by atoms with van der Waals surface area (Å²) in [7, 11) is 5.89. The number of pyridine rings is 1. The molecule has 0 saturated carbocycles. The molecule has 1 aliphatic rings. The minimum absolute atomic E-state index is 0.148. The summed E-state index contributed by atoms with van der Waals surface area (Å²) in [6, 6.07) is 8.54. The third-order valence-corrected chi connectivity index (χ3v) is 4.85. The number of nitrogens with zero attached hydrogens (tertiary/aromatic N) is 2. The van der Waals surface area contributed by atoms with Gasteiger partial charge in [0.15, 0.2) is 0 Å². The predicted molar refractivity (Wildman–Crippen MR) is 106 cm³/mol. The van der Waals surface area contributed by atoms with Crippen LogP contribution in [0.1, 0.15) is 41.7 Å². The van der Waals surface area contributed by atoms with E-state index >= 15 is 0 Å². The third-order valence-electron chi connectivity index (χ3n) is 4.85. The molecule has 2 heterocycles. The van der Waals surface area contributed by atoms with Crippen LogP contribution in [0.2, 0.25) is 0 Å². The first-order valence-electron chi connectivity index (χ1n) is 9.07. The Morgan fingerprint density at radius 1 is 1.21 bits per heavy atom. The summed E-state index contributed by atoms with van der Waals surface area (Å²) in [5, 5.41) is 2.51. The van der Waals surface area contributed by atoms with Gasteiger partial charge < -0.3 is 16.0 Å². The van der Waals surface area contributed by atoms with E-state index in [9.17, 15) is 14.4 Å². The Morgan fingerprint density at radius 3 is 2.71 bits per heavy atom. The van der Waals surface area contributed by atoms with E-state index < -0.39 is 17.7 Å². The van der Waals surface area contributed by atoms with Crippen molar-refractivity contribution in [1.82, 2.24) is 9.88 Å². The number of benzene rings is 1. The number of primary amides is 1. The number of likely N-dealkylation sites (tertiary alicyclic amines) is 1. The van der Waals surface area contributed by atoms with Crippen LogP contribution in [0.15, 0.2) is 42.7 Å². The van der Waals surface area contributed by atoms with Gasteiger partial charge in [0.05, 0.1) is 23.5 Å². The van der Waals surface area contributed by atoms with Crippen molar-refractivity contribution in [3.05, 3.63) is 53.9 Å². The summed E-state index contributed by atoms with van der Waals surface area (Å²) in [5.41, 5.74) is 7.13. The van der Waals surface area contributed by atoms with E-state index in [4.69, 9.17) is 13.6 Å². The van der Waals surface area contributed by atoms with Gasteiger partial charge in [-0.2, -0.15) is 0 Å². The van der Waals surface area contributed by atoms with Crippen LogP contribution in [0.3, 0.4) is 0 Å². The zero-order valence-electron chi connectivity index (χ0n) is 15.6. The van der Waals surface area contributed by atoms with Crippen molar-refractivity contribution in [3.63, 3.8) is 0 Å². The van der Waals surface area contributed by atoms with Gasteiger partial charge in [-0.15, -0.1) is 0 Å². The first-order chi connectivity index (χ1) is 13.3. The maximum atomic E-state index is 12.9. The van der Waals surface area contributed by atoms with Crippen molar-refractivity contribution in [2.24, 2.45) is 11.7 Å². The van der Waals surface area contributed by atoms with Crippen LogP contribution in [0.4, 0.5) is 5.69 Å². The van der Waals surface area contributed by atoms with Gasteiger partial charge in [-0.25, -0.2) is 0 Å². The van der Waals surface area contributed by atoms with E-state index in [-0.39, 0.29) is 23.2 Å². The van der Waals surface area contributed by atoms with Crippen LogP contribution in [0, 0.1) is 5.92 Å². The molecule has 2 radical (unpaired) electrons. The van der Waals surface area contributed by atoms with E-state index in [1.807, 2.05) is 25.1 Å². The Hall–Kier alpha value is -3.16. The number of anilines is 1. The molecule has 1 saturated heterocycles. The average molecular weight is 376 g/mol. The zero-order chi connectivity index (χ0) is 20.3. The number of hydrogen-bond acceptors (Lipinski definition) is 4. The topological polar surface area (TPSA) is 105 Å². The van der Waals surface area contributed by atoms with Crippen LogP contribution in [0.25, 0.3) is 0 Å². The smallest absolute Gasteiger partial charge is 0.313 e. The second-order valence-corrected chi connectivity index (χ2v) is 7.11. The van der Waals surface area contributed by atoms with Crippen LogP contribution in [0.5, 0.6) is 0 Å².